The fourth-order valence-corrected chi connectivity index (χ4v) is 1.52. The van der Waals surface area contributed by atoms with Crippen LogP contribution in [0.4, 0.5) is 0 Å². The van der Waals surface area contributed by atoms with Crippen molar-refractivity contribution in [2.75, 3.05) is 13.7 Å². The van der Waals surface area contributed by atoms with Gasteiger partial charge in [0.1, 0.15) is 0 Å². The van der Waals surface area contributed by atoms with Gasteiger partial charge in [-0.15, -0.1) is 0 Å². The van der Waals surface area contributed by atoms with E-state index in [4.69, 9.17) is 5.11 Å². The predicted octanol–water partition coefficient (Wildman–Crippen LogP) is 0.441. The maximum Gasteiger partial charge on any atom is 0.338 e. The average Bonchev–Trinajstić information content (AvgIpc) is 2.76. The van der Waals surface area contributed by atoms with E-state index in [1.807, 2.05) is 0 Å². The van der Waals surface area contributed by atoms with Gasteiger partial charge in [0.15, 0.2) is 11.5 Å². The topological polar surface area (TPSA) is 76.7 Å². The molecule has 2 heterocycles. The summed E-state index contributed by atoms with van der Waals surface area (Å²) in [6.45, 7) is 0.114. The van der Waals surface area contributed by atoms with Crippen molar-refractivity contribution in [2.45, 2.75) is 12.8 Å². The van der Waals surface area contributed by atoms with Crippen LogP contribution in [0.3, 0.4) is 0 Å². The van der Waals surface area contributed by atoms with Gasteiger partial charge in [-0.1, -0.05) is 0 Å². The molecule has 0 radical (unpaired) electrons. The minimum absolute atomic E-state index is 0.114. The van der Waals surface area contributed by atoms with Crippen LogP contribution in [0.5, 0.6) is 0 Å². The Labute approximate surface area is 97.9 Å². The third-order valence-electron chi connectivity index (χ3n) is 2.36. The second kappa shape index (κ2) is 4.92. The van der Waals surface area contributed by atoms with Gasteiger partial charge in [-0.3, -0.25) is 0 Å². The third kappa shape index (κ3) is 2.42. The Kier molecular flexibility index (Phi) is 3.34. The molecule has 90 valence electrons. The molecule has 2 aromatic heterocycles. The number of esters is 1. The zero-order valence-corrected chi connectivity index (χ0v) is 9.46. The lowest BCUT2D eigenvalue weighted by Gasteiger charge is -1.97. The van der Waals surface area contributed by atoms with E-state index in [1.165, 1.54) is 7.11 Å². The molecule has 0 aromatic carbocycles. The minimum Gasteiger partial charge on any atom is -0.465 e. The quantitative estimate of drug-likeness (QED) is 0.778. The van der Waals surface area contributed by atoms with Crippen LogP contribution in [-0.2, 0) is 11.2 Å². The van der Waals surface area contributed by atoms with Gasteiger partial charge in [0.25, 0.3) is 0 Å². The first-order valence-electron chi connectivity index (χ1n) is 5.29. The van der Waals surface area contributed by atoms with E-state index in [0.717, 1.165) is 0 Å². The number of carbonyl (C=O) groups is 1. The molecule has 0 saturated heterocycles. The normalized spacial score (nSPS) is 10.7. The van der Waals surface area contributed by atoms with Crippen molar-refractivity contribution in [1.29, 1.82) is 0 Å². The molecule has 0 fully saturated rings. The van der Waals surface area contributed by atoms with Gasteiger partial charge in [-0.2, -0.15) is 5.10 Å². The van der Waals surface area contributed by atoms with Gasteiger partial charge in [-0.25, -0.2) is 14.3 Å². The molecule has 0 aliphatic heterocycles. The van der Waals surface area contributed by atoms with Gasteiger partial charge in [-0.05, 0) is 18.6 Å². The van der Waals surface area contributed by atoms with E-state index in [0.29, 0.717) is 29.9 Å². The maximum atomic E-state index is 11.3. The van der Waals surface area contributed by atoms with Gasteiger partial charge in [0.2, 0.25) is 0 Å². The van der Waals surface area contributed by atoms with Crippen LogP contribution >= 0.6 is 0 Å². The van der Waals surface area contributed by atoms with E-state index in [-0.39, 0.29) is 6.61 Å². The lowest BCUT2D eigenvalue weighted by atomic mass is 10.3. The van der Waals surface area contributed by atoms with Crippen molar-refractivity contribution in [3.8, 4) is 0 Å². The summed E-state index contributed by atoms with van der Waals surface area (Å²) in [6.07, 6.45) is 2.91. The number of nitrogens with zero attached hydrogens (tertiary/aromatic N) is 3. The molecule has 0 spiro atoms. The zero-order chi connectivity index (χ0) is 12.3. The van der Waals surface area contributed by atoms with Crippen molar-refractivity contribution in [3.63, 3.8) is 0 Å². The molecule has 6 heteroatoms. The van der Waals surface area contributed by atoms with Crippen molar-refractivity contribution in [3.05, 3.63) is 29.7 Å². The molecule has 0 amide bonds. The highest BCUT2D eigenvalue weighted by atomic mass is 16.5. The lowest BCUT2D eigenvalue weighted by molar-refractivity contribution is 0.0600. The van der Waals surface area contributed by atoms with Crippen LogP contribution in [0, 0.1) is 0 Å². The summed E-state index contributed by atoms with van der Waals surface area (Å²) >= 11 is 0. The number of carbonyl (C=O) groups excluding carboxylic acids is 1. The number of aromatic nitrogens is 3. The molecular formula is C11H13N3O3. The second-order valence-electron chi connectivity index (χ2n) is 3.56. The summed E-state index contributed by atoms with van der Waals surface area (Å²) < 4.78 is 6.22. The third-order valence-corrected chi connectivity index (χ3v) is 2.36. The predicted molar refractivity (Wildman–Crippen MR) is 59.7 cm³/mol. The molecule has 0 aliphatic carbocycles. The highest BCUT2D eigenvalue weighted by Gasteiger charge is 2.08. The van der Waals surface area contributed by atoms with E-state index < -0.39 is 5.97 Å². The average molecular weight is 235 g/mol. The fraction of sp³-hybridized carbons (Fsp3) is 0.364. The maximum absolute atomic E-state index is 11.3. The number of fused-ring (bicyclic) bond motifs is 1. The van der Waals surface area contributed by atoms with Crippen molar-refractivity contribution >= 4 is 11.6 Å². The van der Waals surface area contributed by atoms with E-state index in [2.05, 4.69) is 14.8 Å². The van der Waals surface area contributed by atoms with Crippen LogP contribution in [0.25, 0.3) is 5.65 Å². The van der Waals surface area contributed by atoms with E-state index >= 15 is 0 Å². The smallest absolute Gasteiger partial charge is 0.338 e. The molecule has 2 rings (SSSR count). The molecule has 2 aromatic rings. The molecular weight excluding hydrogens is 222 g/mol. The first-order valence-corrected chi connectivity index (χ1v) is 5.29. The molecule has 1 N–H and O–H groups in total. The first kappa shape index (κ1) is 11.5. The molecule has 0 aliphatic rings. The van der Waals surface area contributed by atoms with Crippen molar-refractivity contribution in [1.82, 2.24) is 14.6 Å². The Morgan fingerprint density at radius 3 is 3.12 bits per heavy atom. The summed E-state index contributed by atoms with van der Waals surface area (Å²) in [5.41, 5.74) is 1.04. The Morgan fingerprint density at radius 1 is 1.59 bits per heavy atom. The van der Waals surface area contributed by atoms with E-state index in [1.54, 1.807) is 22.8 Å². The number of aliphatic hydroxyl groups is 1. The van der Waals surface area contributed by atoms with Crippen molar-refractivity contribution < 1.29 is 14.6 Å². The second-order valence-corrected chi connectivity index (χ2v) is 3.56. The fourth-order valence-electron chi connectivity index (χ4n) is 1.52. The number of aliphatic hydroxyl groups excluding tert-OH is 1. The van der Waals surface area contributed by atoms with Crippen molar-refractivity contribution in [2.24, 2.45) is 0 Å². The Hall–Kier alpha value is -1.95. The van der Waals surface area contributed by atoms with Gasteiger partial charge in [0.05, 0.1) is 12.7 Å². The summed E-state index contributed by atoms with van der Waals surface area (Å²) in [5, 5.41) is 12.9. The highest BCUT2D eigenvalue weighted by molar-refractivity contribution is 5.90. The van der Waals surface area contributed by atoms with Gasteiger partial charge < -0.3 is 9.84 Å². The van der Waals surface area contributed by atoms with Crippen LogP contribution < -0.4 is 0 Å². The van der Waals surface area contributed by atoms with Gasteiger partial charge in [0, 0.05) is 19.2 Å². The number of ether oxygens (including phenoxy) is 1. The highest BCUT2D eigenvalue weighted by Crippen LogP contribution is 2.07. The first-order chi connectivity index (χ1) is 8.24. The standard InChI is InChI=1S/C11H13N3O3/c1-17-11(16)8-4-5-14-10(7-8)12-9(13-14)3-2-6-15/h4-5,7,15H,2-3,6H2,1H3. The Bertz CT molecular complexity index is 536. The number of rotatable bonds is 4. The minimum atomic E-state index is -0.396. The zero-order valence-electron chi connectivity index (χ0n) is 9.46. The van der Waals surface area contributed by atoms with Crippen LogP contribution in [0.2, 0.25) is 0 Å². The lowest BCUT2D eigenvalue weighted by Crippen LogP contribution is -2.02. The molecule has 0 unspecified atom stereocenters. The SMILES string of the molecule is COC(=O)c1ccn2nc(CCCO)nc2c1. The molecule has 0 bridgehead atoms. The number of methoxy groups -OCH3 is 1. The summed E-state index contributed by atoms with van der Waals surface area (Å²) in [5.74, 6) is 0.258. The monoisotopic (exact) mass is 235 g/mol. The summed E-state index contributed by atoms with van der Waals surface area (Å²) in [7, 11) is 1.34. The number of aryl methyl sites for hydroxylation is 1. The number of hydrogen-bond acceptors (Lipinski definition) is 5. The Balaban J connectivity index is 2.31. The van der Waals surface area contributed by atoms with Crippen LogP contribution in [0.15, 0.2) is 18.3 Å². The molecule has 6 nitrogen and oxygen atoms in total. The van der Waals surface area contributed by atoms with Crippen LogP contribution in [0.1, 0.15) is 22.6 Å². The largest absolute Gasteiger partial charge is 0.465 e. The summed E-state index contributed by atoms with van der Waals surface area (Å²) in [6, 6.07) is 3.25. The van der Waals surface area contributed by atoms with E-state index in [9.17, 15) is 4.79 Å². The van der Waals surface area contributed by atoms with Gasteiger partial charge >= 0.3 is 5.97 Å². The molecule has 0 atom stereocenters. The molecule has 0 saturated carbocycles. The summed E-state index contributed by atoms with van der Waals surface area (Å²) in [4.78, 5) is 15.6. The van der Waals surface area contributed by atoms with Crippen LogP contribution in [-0.4, -0.2) is 39.4 Å². The Morgan fingerprint density at radius 2 is 2.41 bits per heavy atom. The molecule has 17 heavy (non-hydrogen) atoms. The number of hydrogen-bond donors (Lipinski definition) is 1. The number of pyridine rings is 1.